The molecule has 2 aromatic rings. The van der Waals surface area contributed by atoms with E-state index >= 15 is 0 Å². The van der Waals surface area contributed by atoms with Gasteiger partial charge in [0.05, 0.1) is 12.1 Å². The second kappa shape index (κ2) is 7.13. The van der Waals surface area contributed by atoms with Crippen molar-refractivity contribution >= 4 is 0 Å². The van der Waals surface area contributed by atoms with Gasteiger partial charge in [0, 0.05) is 18.7 Å². The Labute approximate surface area is 158 Å². The monoisotopic (exact) mass is 371 g/mol. The van der Waals surface area contributed by atoms with Gasteiger partial charge in [-0.25, -0.2) is 0 Å². The zero-order valence-electron chi connectivity index (χ0n) is 15.3. The van der Waals surface area contributed by atoms with Crippen molar-refractivity contribution in [1.29, 1.82) is 0 Å². The fourth-order valence-electron chi connectivity index (χ4n) is 4.56. The number of ether oxygens (including phenoxy) is 2. The zero-order valence-corrected chi connectivity index (χ0v) is 15.3. The summed E-state index contributed by atoms with van der Waals surface area (Å²) in [7, 11) is 0. The van der Waals surface area contributed by atoms with Crippen molar-refractivity contribution in [2.24, 2.45) is 5.92 Å². The lowest BCUT2D eigenvalue weighted by molar-refractivity contribution is 0.147. The standard InChI is InChI=1S/C20H25N3O4/c24-15-9-16(23(11-15)10-13-4-2-1-3-5-13)20-21-19(22-27-20)14-6-7-17-18(8-14)26-12-25-17/h6-8,13,15-16,24H,1-5,9-12H2. The molecular weight excluding hydrogens is 346 g/mol. The van der Waals surface area contributed by atoms with Gasteiger partial charge in [-0.15, -0.1) is 0 Å². The molecule has 144 valence electrons. The third kappa shape index (κ3) is 3.41. The van der Waals surface area contributed by atoms with Crippen LogP contribution in [0, 0.1) is 5.92 Å². The predicted octanol–water partition coefficient (Wildman–Crippen LogP) is 3.15. The Kier molecular flexibility index (Phi) is 4.49. The summed E-state index contributed by atoms with van der Waals surface area (Å²) in [4.78, 5) is 6.97. The van der Waals surface area contributed by atoms with E-state index in [1.807, 2.05) is 18.2 Å². The number of rotatable bonds is 4. The highest BCUT2D eigenvalue weighted by Crippen LogP contribution is 2.37. The summed E-state index contributed by atoms with van der Waals surface area (Å²) < 4.78 is 16.4. The minimum atomic E-state index is -0.334. The van der Waals surface area contributed by atoms with Crippen LogP contribution in [0.5, 0.6) is 11.5 Å². The number of aromatic nitrogens is 2. The highest BCUT2D eigenvalue weighted by atomic mass is 16.7. The van der Waals surface area contributed by atoms with Crippen LogP contribution in [0.4, 0.5) is 0 Å². The topological polar surface area (TPSA) is 80.9 Å². The maximum atomic E-state index is 10.2. The minimum Gasteiger partial charge on any atom is -0.454 e. The lowest BCUT2D eigenvalue weighted by atomic mass is 9.89. The molecular formula is C20H25N3O4. The molecule has 1 saturated carbocycles. The van der Waals surface area contributed by atoms with E-state index in [-0.39, 0.29) is 18.9 Å². The predicted molar refractivity (Wildman–Crippen MR) is 97.4 cm³/mol. The Morgan fingerprint density at radius 1 is 1.11 bits per heavy atom. The molecule has 3 aliphatic rings. The third-order valence-electron chi connectivity index (χ3n) is 5.96. The largest absolute Gasteiger partial charge is 0.454 e. The summed E-state index contributed by atoms with van der Waals surface area (Å²) in [5.41, 5.74) is 0.839. The summed E-state index contributed by atoms with van der Waals surface area (Å²) in [6, 6.07) is 5.64. The van der Waals surface area contributed by atoms with Crippen LogP contribution in [-0.2, 0) is 0 Å². The molecule has 3 heterocycles. The van der Waals surface area contributed by atoms with Gasteiger partial charge in [-0.2, -0.15) is 4.98 Å². The van der Waals surface area contributed by atoms with Crippen LogP contribution in [0.15, 0.2) is 22.7 Å². The molecule has 0 bridgehead atoms. The number of aliphatic hydroxyl groups is 1. The Balaban J connectivity index is 1.34. The van der Waals surface area contributed by atoms with E-state index in [2.05, 4.69) is 15.0 Å². The Bertz CT molecular complexity index is 802. The average Bonchev–Trinajstić information content (AvgIpc) is 3.41. The second-order valence-corrected chi connectivity index (χ2v) is 7.89. The first-order valence-electron chi connectivity index (χ1n) is 9.92. The van der Waals surface area contributed by atoms with Crippen LogP contribution in [0.3, 0.4) is 0 Å². The number of benzene rings is 1. The van der Waals surface area contributed by atoms with Gasteiger partial charge in [-0.3, -0.25) is 4.90 Å². The number of hydrogen-bond acceptors (Lipinski definition) is 7. The fraction of sp³-hybridized carbons (Fsp3) is 0.600. The highest BCUT2D eigenvalue weighted by molar-refractivity contribution is 5.61. The Morgan fingerprint density at radius 3 is 2.85 bits per heavy atom. The van der Waals surface area contributed by atoms with Crippen LogP contribution < -0.4 is 9.47 Å². The molecule has 2 fully saturated rings. The summed E-state index contributed by atoms with van der Waals surface area (Å²) in [6.45, 7) is 1.93. The van der Waals surface area contributed by atoms with Gasteiger partial charge >= 0.3 is 0 Å². The van der Waals surface area contributed by atoms with Crippen LogP contribution in [0.1, 0.15) is 50.5 Å². The van der Waals surface area contributed by atoms with Crippen molar-refractivity contribution in [3.63, 3.8) is 0 Å². The number of hydrogen-bond donors (Lipinski definition) is 1. The summed E-state index contributed by atoms with van der Waals surface area (Å²) in [6.07, 6.45) is 6.87. The smallest absolute Gasteiger partial charge is 0.244 e. The van der Waals surface area contributed by atoms with Gasteiger partial charge < -0.3 is 19.1 Å². The lowest BCUT2D eigenvalue weighted by Crippen LogP contribution is -2.31. The lowest BCUT2D eigenvalue weighted by Gasteiger charge is -2.29. The molecule has 0 spiro atoms. The van der Waals surface area contributed by atoms with Crippen molar-refractivity contribution in [1.82, 2.24) is 15.0 Å². The molecule has 7 nitrogen and oxygen atoms in total. The average molecular weight is 371 g/mol. The van der Waals surface area contributed by atoms with Gasteiger partial charge in [0.2, 0.25) is 18.5 Å². The van der Waals surface area contributed by atoms with E-state index in [0.717, 1.165) is 17.9 Å². The van der Waals surface area contributed by atoms with Crippen molar-refractivity contribution < 1.29 is 19.1 Å². The fourth-order valence-corrected chi connectivity index (χ4v) is 4.56. The molecule has 2 unspecified atom stereocenters. The van der Waals surface area contributed by atoms with Crippen LogP contribution >= 0.6 is 0 Å². The molecule has 1 saturated heterocycles. The Hall–Kier alpha value is -2.12. The highest BCUT2D eigenvalue weighted by Gasteiger charge is 2.37. The van der Waals surface area contributed by atoms with Crippen molar-refractivity contribution in [3.8, 4) is 22.9 Å². The minimum absolute atomic E-state index is 0.00260. The normalized spacial score (nSPS) is 26.0. The zero-order chi connectivity index (χ0) is 18.2. The van der Waals surface area contributed by atoms with Gasteiger partial charge in [0.25, 0.3) is 0 Å². The third-order valence-corrected chi connectivity index (χ3v) is 5.96. The van der Waals surface area contributed by atoms with Crippen molar-refractivity contribution in [3.05, 3.63) is 24.1 Å². The number of β-amino-alcohol motifs (C(OH)–C–C–N with tert-alkyl or cyclic N) is 1. The number of aliphatic hydroxyl groups excluding tert-OH is 1. The molecule has 1 aliphatic carbocycles. The molecule has 2 aliphatic heterocycles. The van der Waals surface area contributed by atoms with Crippen LogP contribution in [0.25, 0.3) is 11.4 Å². The van der Waals surface area contributed by atoms with E-state index in [1.165, 1.54) is 32.1 Å². The number of likely N-dealkylation sites (tertiary alicyclic amines) is 1. The summed E-state index contributed by atoms with van der Waals surface area (Å²) in [5, 5.41) is 14.4. The van der Waals surface area contributed by atoms with E-state index in [0.29, 0.717) is 36.3 Å². The quantitative estimate of drug-likeness (QED) is 0.884. The number of fused-ring (bicyclic) bond motifs is 1. The van der Waals surface area contributed by atoms with Crippen LogP contribution in [-0.4, -0.2) is 46.1 Å². The molecule has 5 rings (SSSR count). The Morgan fingerprint density at radius 2 is 1.96 bits per heavy atom. The van der Waals surface area contributed by atoms with E-state index in [4.69, 9.17) is 14.0 Å². The molecule has 27 heavy (non-hydrogen) atoms. The van der Waals surface area contributed by atoms with Gasteiger partial charge in [0.1, 0.15) is 0 Å². The van der Waals surface area contributed by atoms with E-state index in [1.54, 1.807) is 0 Å². The van der Waals surface area contributed by atoms with E-state index < -0.39 is 0 Å². The van der Waals surface area contributed by atoms with Gasteiger partial charge in [-0.1, -0.05) is 24.4 Å². The molecule has 1 aromatic carbocycles. The first-order chi connectivity index (χ1) is 13.3. The molecule has 7 heteroatoms. The SMILES string of the molecule is OC1CC(c2nc(-c3ccc4c(c3)OCO4)no2)N(CC2CCCCC2)C1. The van der Waals surface area contributed by atoms with Crippen LogP contribution in [0.2, 0.25) is 0 Å². The molecule has 0 amide bonds. The number of nitrogens with zero attached hydrogens (tertiary/aromatic N) is 3. The first kappa shape index (κ1) is 17.0. The van der Waals surface area contributed by atoms with Crippen molar-refractivity contribution in [2.75, 3.05) is 19.9 Å². The molecule has 2 atom stereocenters. The first-order valence-corrected chi connectivity index (χ1v) is 9.92. The molecule has 0 radical (unpaired) electrons. The van der Waals surface area contributed by atoms with E-state index in [9.17, 15) is 5.11 Å². The van der Waals surface area contributed by atoms with Gasteiger partial charge in [0.15, 0.2) is 11.5 Å². The summed E-state index contributed by atoms with van der Waals surface area (Å²) >= 11 is 0. The molecule has 1 N–H and O–H groups in total. The summed E-state index contributed by atoms with van der Waals surface area (Å²) in [5.74, 6) is 3.29. The maximum absolute atomic E-state index is 10.2. The molecule has 1 aromatic heterocycles. The maximum Gasteiger partial charge on any atom is 0.244 e. The van der Waals surface area contributed by atoms with Gasteiger partial charge in [-0.05, 0) is 43.4 Å². The second-order valence-electron chi connectivity index (χ2n) is 7.89. The van der Waals surface area contributed by atoms with Crippen molar-refractivity contribution in [2.45, 2.75) is 50.7 Å².